The molecule has 0 aliphatic carbocycles. The summed E-state index contributed by atoms with van der Waals surface area (Å²) < 4.78 is 21.6. The molecule has 0 amide bonds. The monoisotopic (exact) mass is 611 g/mol. The molecule has 0 atom stereocenters. The Balaban J connectivity index is 6.13. The Kier molecular flexibility index (Phi) is 31.8. The summed E-state index contributed by atoms with van der Waals surface area (Å²) in [5.41, 5.74) is 0. The molecular weight excluding hydrogens is 528 g/mol. The van der Waals surface area contributed by atoms with Crippen LogP contribution in [0, 0.1) is 0 Å². The van der Waals surface area contributed by atoms with Crippen molar-refractivity contribution in [2.75, 3.05) is 13.2 Å². The Bertz CT molecular complexity index is 464. The molecule has 0 saturated carbocycles. The van der Waals surface area contributed by atoms with E-state index in [4.69, 9.17) is 14.2 Å². The molecule has 43 heavy (non-hydrogen) atoms. The lowest BCUT2D eigenvalue weighted by molar-refractivity contribution is -0.369. The van der Waals surface area contributed by atoms with Crippen molar-refractivity contribution in [3.8, 4) is 0 Å². The summed E-state index contributed by atoms with van der Waals surface area (Å²) in [5.74, 6) is -1.02. The fourth-order valence-electron chi connectivity index (χ4n) is 6.35. The highest BCUT2D eigenvalue weighted by Crippen LogP contribution is 2.39. The van der Waals surface area contributed by atoms with E-state index in [-0.39, 0.29) is 0 Å². The summed E-state index contributed by atoms with van der Waals surface area (Å²) in [5, 5.41) is 0. The fourth-order valence-corrected chi connectivity index (χ4v) is 6.35. The summed E-state index contributed by atoms with van der Waals surface area (Å²) in [6.07, 6.45) is 36.9. The molecular formula is C40H82O3. The Hall–Kier alpha value is -0.120. The Morgan fingerprint density at radius 2 is 0.512 bits per heavy atom. The average molecular weight is 611 g/mol. The normalized spacial score (nSPS) is 12.4. The highest BCUT2D eigenvalue weighted by molar-refractivity contribution is 4.80. The van der Waals surface area contributed by atoms with Gasteiger partial charge in [0.25, 0.3) is 0 Å². The topological polar surface area (TPSA) is 27.7 Å². The fraction of sp³-hybridized carbons (Fsp3) is 1.00. The Morgan fingerprint density at radius 3 is 0.767 bits per heavy atom. The van der Waals surface area contributed by atoms with Crippen LogP contribution in [0.5, 0.6) is 0 Å². The van der Waals surface area contributed by atoms with Crippen molar-refractivity contribution < 1.29 is 14.2 Å². The van der Waals surface area contributed by atoms with Crippen LogP contribution in [-0.4, -0.2) is 24.8 Å². The van der Waals surface area contributed by atoms with Gasteiger partial charge in [0.2, 0.25) is 0 Å². The zero-order valence-corrected chi connectivity index (χ0v) is 30.9. The predicted octanol–water partition coefficient (Wildman–Crippen LogP) is 14.3. The van der Waals surface area contributed by atoms with E-state index in [0.29, 0.717) is 0 Å². The second kappa shape index (κ2) is 31.8. The molecule has 0 aromatic heterocycles. The molecule has 0 heterocycles. The number of rotatable bonds is 36. The molecule has 0 aromatic carbocycles. The van der Waals surface area contributed by atoms with Gasteiger partial charge in [-0.25, -0.2) is 0 Å². The molecule has 0 aliphatic heterocycles. The zero-order valence-electron chi connectivity index (χ0n) is 30.9. The van der Waals surface area contributed by atoms with Crippen LogP contribution in [0.4, 0.5) is 0 Å². The van der Waals surface area contributed by atoms with E-state index < -0.39 is 11.6 Å². The van der Waals surface area contributed by atoms with Gasteiger partial charge in [-0.1, -0.05) is 170 Å². The maximum Gasteiger partial charge on any atom is 0.171 e. The molecule has 0 bridgehead atoms. The van der Waals surface area contributed by atoms with E-state index in [2.05, 4.69) is 41.5 Å². The molecule has 3 nitrogen and oxygen atoms in total. The maximum atomic E-state index is 7.56. The van der Waals surface area contributed by atoms with Crippen LogP contribution >= 0.6 is 0 Å². The molecule has 0 radical (unpaired) electrons. The van der Waals surface area contributed by atoms with Gasteiger partial charge in [0.1, 0.15) is 0 Å². The minimum atomic E-state index is -0.510. The van der Waals surface area contributed by atoms with Gasteiger partial charge in [-0.3, -0.25) is 0 Å². The first-order valence-corrected chi connectivity index (χ1v) is 20.1. The standard InChI is InChI=1S/C40H82O3/c1-7-13-19-25-31-37-41-39(33-27-21-15-9-3,34-28-22-16-10-4)43-40(35-29-23-17-11-5,36-30-24-18-12-6)42-38-32-26-20-14-8-2/h7-38H2,1-6H3. The minimum absolute atomic E-state index is 0.510. The first kappa shape index (κ1) is 42.9. The van der Waals surface area contributed by atoms with E-state index in [1.54, 1.807) is 0 Å². The summed E-state index contributed by atoms with van der Waals surface area (Å²) in [6.45, 7) is 15.5. The summed E-state index contributed by atoms with van der Waals surface area (Å²) in [7, 11) is 0. The van der Waals surface area contributed by atoms with E-state index >= 15 is 0 Å². The van der Waals surface area contributed by atoms with Gasteiger partial charge in [-0.15, -0.1) is 0 Å². The van der Waals surface area contributed by atoms with Crippen molar-refractivity contribution >= 4 is 0 Å². The van der Waals surface area contributed by atoms with Crippen molar-refractivity contribution in [2.24, 2.45) is 0 Å². The molecule has 0 saturated heterocycles. The quantitative estimate of drug-likeness (QED) is 0.0521. The van der Waals surface area contributed by atoms with Gasteiger partial charge in [0.15, 0.2) is 11.6 Å². The third kappa shape index (κ3) is 24.7. The molecule has 0 rings (SSSR count). The predicted molar refractivity (Wildman–Crippen MR) is 191 cm³/mol. The summed E-state index contributed by atoms with van der Waals surface area (Å²) >= 11 is 0. The van der Waals surface area contributed by atoms with Gasteiger partial charge < -0.3 is 14.2 Å². The first-order chi connectivity index (χ1) is 21.1. The second-order valence-corrected chi connectivity index (χ2v) is 13.7. The molecule has 3 heteroatoms. The van der Waals surface area contributed by atoms with Gasteiger partial charge in [0.05, 0.1) is 13.2 Å². The van der Waals surface area contributed by atoms with Crippen molar-refractivity contribution in [1.82, 2.24) is 0 Å². The molecule has 0 spiro atoms. The van der Waals surface area contributed by atoms with Crippen molar-refractivity contribution in [3.05, 3.63) is 0 Å². The third-order valence-electron chi connectivity index (χ3n) is 9.24. The molecule has 0 aliphatic rings. The van der Waals surface area contributed by atoms with Crippen LogP contribution in [0.15, 0.2) is 0 Å². The lowest BCUT2D eigenvalue weighted by Gasteiger charge is -2.44. The van der Waals surface area contributed by atoms with E-state index in [1.165, 1.54) is 154 Å². The van der Waals surface area contributed by atoms with Gasteiger partial charge in [-0.05, 0) is 38.5 Å². The van der Waals surface area contributed by atoms with E-state index in [0.717, 1.165) is 51.7 Å². The molecule has 0 aromatic rings. The van der Waals surface area contributed by atoms with Crippen LogP contribution in [-0.2, 0) is 14.2 Å². The van der Waals surface area contributed by atoms with Crippen molar-refractivity contribution in [3.63, 3.8) is 0 Å². The number of unbranched alkanes of at least 4 members (excludes halogenated alkanes) is 20. The first-order valence-electron chi connectivity index (χ1n) is 20.1. The largest absolute Gasteiger partial charge is 0.350 e. The van der Waals surface area contributed by atoms with Crippen LogP contribution in [0.3, 0.4) is 0 Å². The lowest BCUT2D eigenvalue weighted by Crippen LogP contribution is -2.49. The summed E-state index contributed by atoms with van der Waals surface area (Å²) in [4.78, 5) is 0. The minimum Gasteiger partial charge on any atom is -0.350 e. The Labute approximate surface area is 272 Å². The molecule has 0 N–H and O–H groups in total. The van der Waals surface area contributed by atoms with Crippen LogP contribution in [0.25, 0.3) is 0 Å². The summed E-state index contributed by atoms with van der Waals surface area (Å²) in [6, 6.07) is 0. The second-order valence-electron chi connectivity index (χ2n) is 13.7. The van der Waals surface area contributed by atoms with E-state index in [1.807, 2.05) is 0 Å². The van der Waals surface area contributed by atoms with Crippen LogP contribution < -0.4 is 0 Å². The molecule has 0 unspecified atom stereocenters. The molecule has 0 fully saturated rings. The lowest BCUT2D eigenvalue weighted by atomic mass is 9.95. The van der Waals surface area contributed by atoms with Crippen LogP contribution in [0.1, 0.15) is 234 Å². The smallest absolute Gasteiger partial charge is 0.171 e. The zero-order chi connectivity index (χ0) is 31.7. The van der Waals surface area contributed by atoms with Crippen LogP contribution in [0.2, 0.25) is 0 Å². The Morgan fingerprint density at radius 1 is 0.279 bits per heavy atom. The molecule has 260 valence electrons. The number of hydrogen-bond donors (Lipinski definition) is 0. The highest BCUT2D eigenvalue weighted by atomic mass is 16.8. The van der Waals surface area contributed by atoms with Crippen molar-refractivity contribution in [1.29, 1.82) is 0 Å². The third-order valence-corrected chi connectivity index (χ3v) is 9.24. The highest BCUT2D eigenvalue weighted by Gasteiger charge is 2.42. The number of hydrogen-bond acceptors (Lipinski definition) is 3. The maximum absolute atomic E-state index is 7.56. The average Bonchev–Trinajstić information content (AvgIpc) is 3.01. The SMILES string of the molecule is CCCCCCCOC(CCCCCC)(CCCCCC)OC(CCCCCC)(CCCCCC)OCCCCCCC. The van der Waals surface area contributed by atoms with E-state index in [9.17, 15) is 0 Å². The number of ether oxygens (including phenoxy) is 3. The van der Waals surface area contributed by atoms with Gasteiger partial charge in [0, 0.05) is 25.7 Å². The van der Waals surface area contributed by atoms with Gasteiger partial charge in [-0.2, -0.15) is 0 Å². The van der Waals surface area contributed by atoms with Gasteiger partial charge >= 0.3 is 0 Å². The van der Waals surface area contributed by atoms with Crippen molar-refractivity contribution in [2.45, 2.75) is 246 Å².